The minimum absolute atomic E-state index is 0.198. The largest absolute Gasteiger partial charge is 0.385 e. The lowest BCUT2D eigenvalue weighted by Crippen LogP contribution is -2.53. The van der Waals surface area contributed by atoms with Gasteiger partial charge in [-0.1, -0.05) is 38.1 Å². The topological polar surface area (TPSA) is 131 Å². The summed E-state index contributed by atoms with van der Waals surface area (Å²) in [5.41, 5.74) is 4.88. The Labute approximate surface area is 288 Å². The van der Waals surface area contributed by atoms with E-state index in [2.05, 4.69) is 68.5 Å². The number of nitrogens with one attached hydrogen (secondary N) is 2. The molecule has 3 amide bonds. The molecular formula is C38H47N7O4. The van der Waals surface area contributed by atoms with Gasteiger partial charge in [0.05, 0.1) is 11.6 Å². The molecule has 3 N–H and O–H groups in total. The van der Waals surface area contributed by atoms with Gasteiger partial charge >= 0.3 is 0 Å². The van der Waals surface area contributed by atoms with E-state index in [1.807, 2.05) is 31.5 Å². The van der Waals surface area contributed by atoms with Crippen molar-refractivity contribution in [3.8, 4) is 0 Å². The Kier molecular flexibility index (Phi) is 9.15. The number of carbonyl (C=O) groups excluding carboxylic acids is 3. The molecule has 5 heterocycles. The Morgan fingerprint density at radius 2 is 1.65 bits per heavy atom. The van der Waals surface area contributed by atoms with Crippen LogP contribution in [0.4, 0.5) is 11.6 Å². The Balaban J connectivity index is 0.904. The van der Waals surface area contributed by atoms with Crippen molar-refractivity contribution < 1.29 is 19.5 Å². The first-order valence-corrected chi connectivity index (χ1v) is 17.8. The summed E-state index contributed by atoms with van der Waals surface area (Å²) in [5, 5.41) is 17.6. The van der Waals surface area contributed by atoms with Crippen LogP contribution in [0.3, 0.4) is 0 Å². The molecule has 2 atom stereocenters. The van der Waals surface area contributed by atoms with Crippen molar-refractivity contribution in [2.24, 2.45) is 0 Å². The van der Waals surface area contributed by atoms with Gasteiger partial charge in [0.1, 0.15) is 6.04 Å². The molecule has 7 rings (SSSR count). The molecule has 1 aromatic heterocycles. The van der Waals surface area contributed by atoms with Crippen LogP contribution < -0.4 is 15.5 Å². The van der Waals surface area contributed by atoms with Crippen LogP contribution >= 0.6 is 0 Å². The van der Waals surface area contributed by atoms with Gasteiger partial charge in [-0.15, -0.1) is 0 Å². The normalized spacial score (nSPS) is 23.2. The molecule has 258 valence electrons. The smallest absolute Gasteiger partial charge is 0.255 e. The Morgan fingerprint density at radius 1 is 0.959 bits per heavy atom. The first kappa shape index (κ1) is 33.2. The van der Waals surface area contributed by atoms with Gasteiger partial charge in [-0.05, 0) is 85.4 Å². The van der Waals surface area contributed by atoms with Crippen molar-refractivity contribution in [3.63, 3.8) is 0 Å². The fourth-order valence-electron chi connectivity index (χ4n) is 7.83. The third-order valence-electron chi connectivity index (χ3n) is 11.0. The highest BCUT2D eigenvalue weighted by Crippen LogP contribution is 2.41. The molecule has 11 heteroatoms. The lowest BCUT2D eigenvalue weighted by Gasteiger charge is -2.39. The van der Waals surface area contributed by atoms with Crippen molar-refractivity contribution in [1.29, 1.82) is 0 Å². The van der Waals surface area contributed by atoms with E-state index in [0.29, 0.717) is 42.7 Å². The molecule has 0 bridgehead atoms. The number of aliphatic hydroxyl groups is 1. The highest BCUT2D eigenvalue weighted by molar-refractivity contribution is 6.05. The van der Waals surface area contributed by atoms with Gasteiger partial charge in [-0.2, -0.15) is 0 Å². The number of benzene rings is 2. The minimum atomic E-state index is -0.981. The molecule has 3 fully saturated rings. The van der Waals surface area contributed by atoms with Gasteiger partial charge in [0.25, 0.3) is 5.91 Å². The molecule has 0 aliphatic carbocycles. The first-order valence-electron chi connectivity index (χ1n) is 17.8. The third-order valence-corrected chi connectivity index (χ3v) is 11.0. The van der Waals surface area contributed by atoms with Gasteiger partial charge in [0.2, 0.25) is 17.8 Å². The second-order valence-electron chi connectivity index (χ2n) is 14.5. The van der Waals surface area contributed by atoms with E-state index >= 15 is 0 Å². The fourth-order valence-corrected chi connectivity index (χ4v) is 7.83. The van der Waals surface area contributed by atoms with Crippen LogP contribution in [0.25, 0.3) is 0 Å². The summed E-state index contributed by atoms with van der Waals surface area (Å²) in [6, 6.07) is 13.9. The second kappa shape index (κ2) is 13.5. The summed E-state index contributed by atoms with van der Waals surface area (Å²) in [7, 11) is 0. The van der Waals surface area contributed by atoms with Crippen LogP contribution in [0.5, 0.6) is 0 Å². The Hall–Kier alpha value is -4.35. The number of rotatable bonds is 8. The van der Waals surface area contributed by atoms with E-state index in [4.69, 9.17) is 0 Å². The van der Waals surface area contributed by atoms with Crippen LogP contribution in [0.2, 0.25) is 0 Å². The van der Waals surface area contributed by atoms with Gasteiger partial charge < -0.3 is 20.2 Å². The van der Waals surface area contributed by atoms with Crippen LogP contribution in [0.1, 0.15) is 104 Å². The van der Waals surface area contributed by atoms with Crippen LogP contribution in [-0.4, -0.2) is 80.9 Å². The monoisotopic (exact) mass is 665 g/mol. The minimum Gasteiger partial charge on any atom is -0.385 e. The molecule has 0 radical (unpaired) electrons. The van der Waals surface area contributed by atoms with E-state index in [-0.39, 0.29) is 24.3 Å². The molecule has 4 aliphatic rings. The van der Waals surface area contributed by atoms with E-state index in [1.165, 1.54) is 11.3 Å². The standard InChI is InChI=1S/C38H47N7O4/c1-24(2)27-21-39-37(40-22-27)41-29-12-16-44(17-13-29)30-7-4-26(5-8-30)23-43-18-14-38(49,15-19-43)28-6-9-31-32(20-28)25(3)45(36(31)48)33-10-11-34(46)42-35(33)47/h4-9,20-22,24-25,29,33,49H,10-19,23H2,1-3H3,(H,39,40,41)(H,42,46,47)/t25-,33-/m0/s1. The first-order chi connectivity index (χ1) is 23.6. The molecule has 3 saturated heterocycles. The molecule has 4 aliphatic heterocycles. The maximum atomic E-state index is 13.3. The molecule has 0 spiro atoms. The number of likely N-dealkylation sites (tertiary alicyclic amines) is 1. The van der Waals surface area contributed by atoms with Gasteiger partial charge in [0.15, 0.2) is 0 Å². The number of aromatic nitrogens is 2. The molecule has 11 nitrogen and oxygen atoms in total. The van der Waals surface area contributed by atoms with Gasteiger partial charge in [0, 0.05) is 68.8 Å². The number of piperidine rings is 3. The van der Waals surface area contributed by atoms with E-state index in [9.17, 15) is 19.5 Å². The maximum Gasteiger partial charge on any atom is 0.255 e. The number of imide groups is 1. The highest BCUT2D eigenvalue weighted by atomic mass is 16.3. The van der Waals surface area contributed by atoms with Crippen molar-refractivity contribution >= 4 is 29.4 Å². The lowest BCUT2D eigenvalue weighted by atomic mass is 9.82. The summed E-state index contributed by atoms with van der Waals surface area (Å²) in [5.74, 6) is 0.216. The molecular weight excluding hydrogens is 618 g/mol. The van der Waals surface area contributed by atoms with E-state index in [1.54, 1.807) is 11.0 Å². The van der Waals surface area contributed by atoms with Crippen molar-refractivity contribution in [2.45, 2.75) is 95.5 Å². The zero-order chi connectivity index (χ0) is 34.3. The average molecular weight is 666 g/mol. The van der Waals surface area contributed by atoms with E-state index < -0.39 is 17.6 Å². The number of fused-ring (bicyclic) bond motifs is 1. The molecule has 49 heavy (non-hydrogen) atoms. The quantitative estimate of drug-likeness (QED) is 0.298. The average Bonchev–Trinajstić information content (AvgIpc) is 3.35. The number of hydrogen-bond acceptors (Lipinski definition) is 9. The van der Waals surface area contributed by atoms with Crippen molar-refractivity contribution in [1.82, 2.24) is 25.1 Å². The van der Waals surface area contributed by atoms with Gasteiger partial charge in [-0.3, -0.25) is 24.6 Å². The second-order valence-corrected chi connectivity index (χ2v) is 14.5. The fraction of sp³-hybridized carbons (Fsp3) is 0.500. The van der Waals surface area contributed by atoms with Crippen LogP contribution in [0.15, 0.2) is 54.9 Å². The maximum absolute atomic E-state index is 13.3. The molecule has 2 aromatic carbocycles. The molecule has 0 saturated carbocycles. The third kappa shape index (κ3) is 6.78. The SMILES string of the molecule is CC(C)c1cnc(NC2CCN(c3ccc(CN4CCC(O)(c5ccc6c(c5)[C@H](C)N([C@H]5CCC(=O)NC5=O)C6=O)CC4)cc3)CC2)nc1. The highest BCUT2D eigenvalue weighted by Gasteiger charge is 2.44. The van der Waals surface area contributed by atoms with Crippen molar-refractivity contribution in [3.05, 3.63) is 82.7 Å². The zero-order valence-corrected chi connectivity index (χ0v) is 28.7. The van der Waals surface area contributed by atoms with Crippen LogP contribution in [0, 0.1) is 0 Å². The predicted molar refractivity (Wildman–Crippen MR) is 187 cm³/mol. The zero-order valence-electron chi connectivity index (χ0n) is 28.7. The summed E-state index contributed by atoms with van der Waals surface area (Å²) in [4.78, 5) is 53.0. The summed E-state index contributed by atoms with van der Waals surface area (Å²) < 4.78 is 0. The number of amides is 3. The summed E-state index contributed by atoms with van der Waals surface area (Å²) in [6.45, 7) is 10.5. The Bertz CT molecular complexity index is 1690. The lowest BCUT2D eigenvalue weighted by molar-refractivity contribution is -0.137. The number of nitrogens with zero attached hydrogens (tertiary/aromatic N) is 5. The summed E-state index contributed by atoms with van der Waals surface area (Å²) >= 11 is 0. The number of anilines is 2. The molecule has 3 aromatic rings. The number of hydrogen-bond donors (Lipinski definition) is 3. The Morgan fingerprint density at radius 3 is 2.31 bits per heavy atom. The van der Waals surface area contributed by atoms with E-state index in [0.717, 1.165) is 62.3 Å². The van der Waals surface area contributed by atoms with Crippen LogP contribution in [-0.2, 0) is 21.7 Å². The number of carbonyl (C=O) groups is 3. The predicted octanol–water partition coefficient (Wildman–Crippen LogP) is 4.49. The molecule has 0 unspecified atom stereocenters. The van der Waals surface area contributed by atoms with Gasteiger partial charge in [-0.25, -0.2) is 9.97 Å². The summed E-state index contributed by atoms with van der Waals surface area (Å²) in [6.07, 6.45) is 7.64. The van der Waals surface area contributed by atoms with Crippen molar-refractivity contribution in [2.75, 3.05) is 36.4 Å².